The van der Waals surface area contributed by atoms with Crippen LogP contribution in [0, 0.1) is 17.8 Å². The molecule has 0 spiro atoms. The molecule has 1 rings (SSSR count). The second kappa shape index (κ2) is 7.09. The zero-order valence-corrected chi connectivity index (χ0v) is 10.1. The summed E-state index contributed by atoms with van der Waals surface area (Å²) in [5.41, 5.74) is 1.30. The van der Waals surface area contributed by atoms with Gasteiger partial charge in [0.05, 0.1) is 0 Å². The standard InChI is InChI=1S/C15H20O/c1-13(2)12-15(16)11-7-6-10-14-8-4-3-5-9-14/h3-5,8-9,13,15-16H,6,10,12H2,1-2H3. The lowest BCUT2D eigenvalue weighted by molar-refractivity contribution is 0.204. The van der Waals surface area contributed by atoms with Gasteiger partial charge in [-0.2, -0.15) is 0 Å². The van der Waals surface area contributed by atoms with Crippen LogP contribution >= 0.6 is 0 Å². The van der Waals surface area contributed by atoms with E-state index in [1.54, 1.807) is 0 Å². The monoisotopic (exact) mass is 216 g/mol. The molecule has 0 aromatic heterocycles. The molecule has 0 amide bonds. The average molecular weight is 216 g/mol. The highest BCUT2D eigenvalue weighted by Gasteiger charge is 2.01. The highest BCUT2D eigenvalue weighted by Crippen LogP contribution is 2.04. The Morgan fingerprint density at radius 2 is 1.88 bits per heavy atom. The Bertz CT molecular complexity index is 343. The molecule has 0 aliphatic rings. The quantitative estimate of drug-likeness (QED) is 0.767. The maximum Gasteiger partial charge on any atom is 0.115 e. The summed E-state index contributed by atoms with van der Waals surface area (Å²) in [5.74, 6) is 6.43. The van der Waals surface area contributed by atoms with E-state index in [-0.39, 0.29) is 0 Å². The predicted octanol–water partition coefficient (Wildman–Crippen LogP) is 3.03. The molecule has 1 aromatic rings. The zero-order valence-electron chi connectivity index (χ0n) is 10.1. The van der Waals surface area contributed by atoms with Gasteiger partial charge in [0.2, 0.25) is 0 Å². The molecule has 1 unspecified atom stereocenters. The second-order valence-electron chi connectivity index (χ2n) is 4.45. The zero-order chi connectivity index (χ0) is 11.8. The maximum absolute atomic E-state index is 9.54. The van der Waals surface area contributed by atoms with E-state index < -0.39 is 6.10 Å². The number of benzene rings is 1. The normalized spacial score (nSPS) is 12.0. The highest BCUT2D eigenvalue weighted by atomic mass is 16.3. The molecule has 0 radical (unpaired) electrons. The van der Waals surface area contributed by atoms with E-state index in [2.05, 4.69) is 37.8 Å². The number of rotatable bonds is 4. The minimum atomic E-state index is -0.462. The molecule has 86 valence electrons. The minimum absolute atomic E-state index is 0.462. The number of hydrogen-bond acceptors (Lipinski definition) is 1. The number of aliphatic hydroxyl groups is 1. The molecule has 1 aromatic carbocycles. The first kappa shape index (κ1) is 12.8. The Balaban J connectivity index is 2.28. The van der Waals surface area contributed by atoms with E-state index in [1.165, 1.54) is 5.56 Å². The summed E-state index contributed by atoms with van der Waals surface area (Å²) in [6.45, 7) is 4.18. The molecule has 1 nitrogen and oxygen atoms in total. The lowest BCUT2D eigenvalue weighted by Crippen LogP contribution is -2.06. The first-order valence-corrected chi connectivity index (χ1v) is 5.89. The van der Waals surface area contributed by atoms with Gasteiger partial charge in [-0.25, -0.2) is 0 Å². The molecule has 0 aliphatic carbocycles. The van der Waals surface area contributed by atoms with Crippen molar-refractivity contribution in [3.05, 3.63) is 35.9 Å². The fourth-order valence-corrected chi connectivity index (χ4v) is 1.55. The predicted molar refractivity (Wildman–Crippen MR) is 68.0 cm³/mol. The summed E-state index contributed by atoms with van der Waals surface area (Å²) >= 11 is 0. The number of aliphatic hydroxyl groups excluding tert-OH is 1. The third kappa shape index (κ3) is 5.58. The second-order valence-corrected chi connectivity index (χ2v) is 4.45. The Morgan fingerprint density at radius 1 is 1.19 bits per heavy atom. The van der Waals surface area contributed by atoms with Crippen LogP contribution in [-0.4, -0.2) is 11.2 Å². The van der Waals surface area contributed by atoms with Crippen molar-refractivity contribution >= 4 is 0 Å². The molecule has 0 aliphatic heterocycles. The SMILES string of the molecule is CC(C)CC(O)C#CCCc1ccccc1. The average Bonchev–Trinajstić information content (AvgIpc) is 2.25. The van der Waals surface area contributed by atoms with Gasteiger partial charge in [-0.3, -0.25) is 0 Å². The first-order chi connectivity index (χ1) is 7.68. The highest BCUT2D eigenvalue weighted by molar-refractivity contribution is 5.16. The third-order valence-electron chi connectivity index (χ3n) is 2.34. The smallest absolute Gasteiger partial charge is 0.115 e. The minimum Gasteiger partial charge on any atom is -0.380 e. The van der Waals surface area contributed by atoms with Crippen LogP contribution in [0.2, 0.25) is 0 Å². The van der Waals surface area contributed by atoms with Crippen LogP contribution in [0.1, 0.15) is 32.3 Å². The molecule has 0 saturated heterocycles. The van der Waals surface area contributed by atoms with Crippen molar-refractivity contribution in [1.82, 2.24) is 0 Å². The van der Waals surface area contributed by atoms with Crippen molar-refractivity contribution in [2.45, 2.75) is 39.2 Å². The van der Waals surface area contributed by atoms with Gasteiger partial charge in [-0.05, 0) is 24.3 Å². The van der Waals surface area contributed by atoms with Crippen LogP contribution in [0.15, 0.2) is 30.3 Å². The van der Waals surface area contributed by atoms with Crippen molar-refractivity contribution in [2.75, 3.05) is 0 Å². The van der Waals surface area contributed by atoms with Gasteiger partial charge in [-0.15, -0.1) is 5.92 Å². The lowest BCUT2D eigenvalue weighted by Gasteiger charge is -2.05. The fourth-order valence-electron chi connectivity index (χ4n) is 1.55. The summed E-state index contributed by atoms with van der Waals surface area (Å²) in [7, 11) is 0. The Hall–Kier alpha value is -1.26. The van der Waals surface area contributed by atoms with Crippen LogP contribution in [0.3, 0.4) is 0 Å². The molecule has 1 atom stereocenters. The fraction of sp³-hybridized carbons (Fsp3) is 0.467. The van der Waals surface area contributed by atoms with Crippen LogP contribution in [0.5, 0.6) is 0 Å². The van der Waals surface area contributed by atoms with Gasteiger partial charge in [0.15, 0.2) is 0 Å². The van der Waals surface area contributed by atoms with Crippen molar-refractivity contribution in [2.24, 2.45) is 5.92 Å². The molecular weight excluding hydrogens is 196 g/mol. The van der Waals surface area contributed by atoms with Gasteiger partial charge in [0, 0.05) is 6.42 Å². The first-order valence-electron chi connectivity index (χ1n) is 5.89. The van der Waals surface area contributed by atoms with E-state index in [1.807, 2.05) is 18.2 Å². The van der Waals surface area contributed by atoms with Gasteiger partial charge < -0.3 is 5.11 Å². The molecule has 0 fully saturated rings. The molecule has 1 N–H and O–H groups in total. The summed E-state index contributed by atoms with van der Waals surface area (Å²) in [4.78, 5) is 0. The van der Waals surface area contributed by atoms with Gasteiger partial charge in [0.25, 0.3) is 0 Å². The largest absolute Gasteiger partial charge is 0.380 e. The molecule has 1 heteroatoms. The lowest BCUT2D eigenvalue weighted by atomic mass is 10.1. The Labute approximate surface area is 98.5 Å². The maximum atomic E-state index is 9.54. The topological polar surface area (TPSA) is 20.2 Å². The van der Waals surface area contributed by atoms with E-state index in [0.29, 0.717) is 5.92 Å². The van der Waals surface area contributed by atoms with E-state index in [4.69, 9.17) is 0 Å². The van der Waals surface area contributed by atoms with Crippen LogP contribution < -0.4 is 0 Å². The van der Waals surface area contributed by atoms with Crippen molar-refractivity contribution < 1.29 is 5.11 Å². The van der Waals surface area contributed by atoms with Crippen LogP contribution in [-0.2, 0) is 6.42 Å². The summed E-state index contributed by atoms with van der Waals surface area (Å²) < 4.78 is 0. The van der Waals surface area contributed by atoms with E-state index in [0.717, 1.165) is 19.3 Å². The van der Waals surface area contributed by atoms with Gasteiger partial charge in [-0.1, -0.05) is 50.1 Å². The summed E-state index contributed by atoms with van der Waals surface area (Å²) in [6.07, 6.45) is 2.08. The van der Waals surface area contributed by atoms with E-state index in [9.17, 15) is 5.11 Å². The van der Waals surface area contributed by atoms with Gasteiger partial charge in [0.1, 0.15) is 6.10 Å². The molecule has 16 heavy (non-hydrogen) atoms. The third-order valence-corrected chi connectivity index (χ3v) is 2.34. The number of aryl methyl sites for hydroxylation is 1. The molecule has 0 heterocycles. The molecule has 0 bridgehead atoms. The van der Waals surface area contributed by atoms with Crippen molar-refractivity contribution in [1.29, 1.82) is 0 Å². The van der Waals surface area contributed by atoms with Crippen LogP contribution in [0.4, 0.5) is 0 Å². The summed E-state index contributed by atoms with van der Waals surface area (Å²) in [5, 5.41) is 9.54. The summed E-state index contributed by atoms with van der Waals surface area (Å²) in [6, 6.07) is 10.3. The Morgan fingerprint density at radius 3 is 2.50 bits per heavy atom. The molecular formula is C15H20O. The van der Waals surface area contributed by atoms with Gasteiger partial charge >= 0.3 is 0 Å². The van der Waals surface area contributed by atoms with E-state index >= 15 is 0 Å². The Kier molecular flexibility index (Phi) is 5.67. The van der Waals surface area contributed by atoms with Crippen LogP contribution in [0.25, 0.3) is 0 Å². The van der Waals surface area contributed by atoms with Crippen molar-refractivity contribution in [3.63, 3.8) is 0 Å². The molecule has 0 saturated carbocycles. The number of hydrogen-bond donors (Lipinski definition) is 1. The van der Waals surface area contributed by atoms with Crippen molar-refractivity contribution in [3.8, 4) is 11.8 Å².